The lowest BCUT2D eigenvalue weighted by Gasteiger charge is -2.22. The molecule has 4 atom stereocenters. The summed E-state index contributed by atoms with van der Waals surface area (Å²) in [6.45, 7) is 2.68. The molecular formula is C12H22ClNO. The van der Waals surface area contributed by atoms with Crippen LogP contribution in [0.2, 0.25) is 0 Å². The number of hydrogen-bond acceptors (Lipinski definition) is 2. The minimum absolute atomic E-state index is 0.119. The summed E-state index contributed by atoms with van der Waals surface area (Å²) in [5, 5.41) is 3.60. The minimum Gasteiger partial charge on any atom is -0.383 e. The molecule has 0 spiro atoms. The largest absolute Gasteiger partial charge is 0.383 e. The lowest BCUT2D eigenvalue weighted by molar-refractivity contribution is 0.195. The van der Waals surface area contributed by atoms with Crippen molar-refractivity contribution in [1.82, 2.24) is 5.32 Å². The highest BCUT2D eigenvalue weighted by atomic mass is 35.5. The van der Waals surface area contributed by atoms with Crippen molar-refractivity contribution in [2.75, 3.05) is 26.8 Å². The highest BCUT2D eigenvalue weighted by Crippen LogP contribution is 2.47. The van der Waals surface area contributed by atoms with E-state index in [2.05, 4.69) is 5.32 Å². The van der Waals surface area contributed by atoms with Gasteiger partial charge < -0.3 is 10.1 Å². The topological polar surface area (TPSA) is 21.3 Å². The summed E-state index contributed by atoms with van der Waals surface area (Å²) in [5.74, 6) is 2.99. The van der Waals surface area contributed by atoms with Crippen molar-refractivity contribution in [2.45, 2.75) is 31.1 Å². The zero-order valence-corrected chi connectivity index (χ0v) is 10.3. The van der Waals surface area contributed by atoms with Crippen LogP contribution >= 0.6 is 11.6 Å². The van der Waals surface area contributed by atoms with Gasteiger partial charge in [0.25, 0.3) is 0 Å². The molecule has 15 heavy (non-hydrogen) atoms. The van der Waals surface area contributed by atoms with Gasteiger partial charge in [-0.15, -0.1) is 11.6 Å². The number of halogens is 1. The second kappa shape index (κ2) is 5.51. The van der Waals surface area contributed by atoms with E-state index in [1.807, 2.05) is 0 Å². The third-order valence-corrected chi connectivity index (χ3v) is 4.28. The maximum atomic E-state index is 6.06. The van der Waals surface area contributed by atoms with Gasteiger partial charge in [-0.05, 0) is 43.6 Å². The predicted molar refractivity (Wildman–Crippen MR) is 63.3 cm³/mol. The smallest absolute Gasteiger partial charge is 0.0693 e. The lowest BCUT2D eigenvalue weighted by atomic mass is 9.89. The first kappa shape index (κ1) is 11.7. The van der Waals surface area contributed by atoms with Gasteiger partial charge in [-0.25, -0.2) is 0 Å². The highest BCUT2D eigenvalue weighted by Gasteiger charge is 2.38. The minimum atomic E-state index is 0.119. The Morgan fingerprint density at radius 2 is 2.27 bits per heavy atom. The number of fused-ring (bicyclic) bond motifs is 2. The van der Waals surface area contributed by atoms with Gasteiger partial charge in [0.15, 0.2) is 0 Å². The molecule has 3 heteroatoms. The first-order valence-electron chi connectivity index (χ1n) is 6.13. The molecule has 0 heterocycles. The molecule has 2 saturated carbocycles. The van der Waals surface area contributed by atoms with Crippen molar-refractivity contribution in [2.24, 2.45) is 17.8 Å². The Bertz CT molecular complexity index is 200. The summed E-state index contributed by atoms with van der Waals surface area (Å²) >= 11 is 6.06. The molecule has 0 radical (unpaired) electrons. The molecule has 2 bridgehead atoms. The second-order valence-corrected chi connectivity index (χ2v) is 5.76. The molecule has 0 aromatic carbocycles. The second-order valence-electron chi connectivity index (χ2n) is 5.15. The summed E-state index contributed by atoms with van der Waals surface area (Å²) in [4.78, 5) is 0. The van der Waals surface area contributed by atoms with Crippen LogP contribution in [0, 0.1) is 17.8 Å². The molecule has 0 aromatic heterocycles. The summed E-state index contributed by atoms with van der Waals surface area (Å²) in [6, 6.07) is 0. The van der Waals surface area contributed by atoms with E-state index >= 15 is 0 Å². The monoisotopic (exact) mass is 231 g/mol. The number of methoxy groups -OCH3 is 1. The van der Waals surface area contributed by atoms with E-state index < -0.39 is 0 Å². The van der Waals surface area contributed by atoms with Crippen LogP contribution in [0.25, 0.3) is 0 Å². The zero-order valence-electron chi connectivity index (χ0n) is 9.55. The van der Waals surface area contributed by atoms with Gasteiger partial charge in [-0.1, -0.05) is 6.42 Å². The molecule has 2 rings (SSSR count). The zero-order chi connectivity index (χ0) is 10.7. The average molecular weight is 232 g/mol. The van der Waals surface area contributed by atoms with Crippen molar-refractivity contribution in [3.8, 4) is 0 Å². The van der Waals surface area contributed by atoms with Gasteiger partial charge in [0.2, 0.25) is 0 Å². The summed E-state index contributed by atoms with van der Waals surface area (Å²) < 4.78 is 5.00. The molecule has 2 fully saturated rings. The molecule has 2 aliphatic carbocycles. The van der Waals surface area contributed by atoms with Gasteiger partial charge in [-0.3, -0.25) is 0 Å². The SMILES string of the molecule is COCC(Cl)CNCC1CC2CCC1C2. The maximum Gasteiger partial charge on any atom is 0.0693 e. The quantitative estimate of drug-likeness (QED) is 0.709. The van der Waals surface area contributed by atoms with Crippen molar-refractivity contribution < 1.29 is 4.74 Å². The number of hydrogen-bond donors (Lipinski definition) is 1. The molecule has 0 amide bonds. The molecule has 0 aromatic rings. The van der Waals surface area contributed by atoms with E-state index in [-0.39, 0.29) is 5.38 Å². The number of alkyl halides is 1. The number of rotatable bonds is 6. The van der Waals surface area contributed by atoms with Crippen LogP contribution in [0.4, 0.5) is 0 Å². The third-order valence-electron chi connectivity index (χ3n) is 4.00. The lowest BCUT2D eigenvalue weighted by Crippen LogP contribution is -2.32. The standard InChI is InChI=1S/C12H22ClNO/c1-15-8-12(13)7-14-6-11-5-9-2-3-10(11)4-9/h9-12,14H,2-8H2,1H3. The normalized spacial score (nSPS) is 36.0. The van der Waals surface area contributed by atoms with E-state index in [1.165, 1.54) is 25.7 Å². The number of nitrogens with one attached hydrogen (secondary N) is 1. The Balaban J connectivity index is 1.58. The van der Waals surface area contributed by atoms with Crippen molar-refractivity contribution in [3.05, 3.63) is 0 Å². The fourth-order valence-electron chi connectivity index (χ4n) is 3.29. The Kier molecular flexibility index (Phi) is 4.30. The van der Waals surface area contributed by atoms with Crippen molar-refractivity contribution >= 4 is 11.6 Å². The van der Waals surface area contributed by atoms with E-state index in [1.54, 1.807) is 7.11 Å². The van der Waals surface area contributed by atoms with E-state index in [0.29, 0.717) is 6.61 Å². The molecule has 1 N–H and O–H groups in total. The molecule has 4 unspecified atom stereocenters. The van der Waals surface area contributed by atoms with Crippen molar-refractivity contribution in [3.63, 3.8) is 0 Å². The summed E-state index contributed by atoms with van der Waals surface area (Å²) in [5.41, 5.74) is 0. The Morgan fingerprint density at radius 3 is 2.87 bits per heavy atom. The van der Waals surface area contributed by atoms with Crippen LogP contribution in [-0.4, -0.2) is 32.2 Å². The summed E-state index contributed by atoms with van der Waals surface area (Å²) in [6.07, 6.45) is 5.91. The highest BCUT2D eigenvalue weighted by molar-refractivity contribution is 6.20. The Morgan fingerprint density at radius 1 is 1.40 bits per heavy atom. The van der Waals surface area contributed by atoms with Crippen LogP contribution in [-0.2, 0) is 4.74 Å². The van der Waals surface area contributed by atoms with E-state index in [4.69, 9.17) is 16.3 Å². The van der Waals surface area contributed by atoms with Crippen molar-refractivity contribution in [1.29, 1.82) is 0 Å². The van der Waals surface area contributed by atoms with Crippen LogP contribution in [0.1, 0.15) is 25.7 Å². The van der Waals surface area contributed by atoms with Gasteiger partial charge in [0, 0.05) is 13.7 Å². The summed E-state index contributed by atoms with van der Waals surface area (Å²) in [7, 11) is 1.70. The Hall–Kier alpha value is 0.210. The first-order valence-corrected chi connectivity index (χ1v) is 6.57. The molecular weight excluding hydrogens is 210 g/mol. The van der Waals surface area contributed by atoms with E-state index in [9.17, 15) is 0 Å². The maximum absolute atomic E-state index is 6.06. The molecule has 2 nitrogen and oxygen atoms in total. The fraction of sp³-hybridized carbons (Fsp3) is 1.00. The average Bonchev–Trinajstić information content (AvgIpc) is 2.79. The predicted octanol–water partition coefficient (Wildman–Crippen LogP) is 2.27. The third kappa shape index (κ3) is 3.08. The van der Waals surface area contributed by atoms with Crippen LogP contribution in [0.3, 0.4) is 0 Å². The van der Waals surface area contributed by atoms with Gasteiger partial charge in [0.05, 0.1) is 12.0 Å². The van der Waals surface area contributed by atoms with Crippen LogP contribution < -0.4 is 5.32 Å². The Labute approximate surface area is 97.7 Å². The molecule has 0 saturated heterocycles. The van der Waals surface area contributed by atoms with Gasteiger partial charge in [0.1, 0.15) is 0 Å². The van der Waals surface area contributed by atoms with Crippen LogP contribution in [0.5, 0.6) is 0 Å². The molecule has 2 aliphatic rings. The van der Waals surface area contributed by atoms with E-state index in [0.717, 1.165) is 30.8 Å². The fourth-order valence-corrected chi connectivity index (χ4v) is 3.53. The molecule has 88 valence electrons. The van der Waals surface area contributed by atoms with Crippen LogP contribution in [0.15, 0.2) is 0 Å². The molecule has 0 aliphatic heterocycles. The van der Waals surface area contributed by atoms with Gasteiger partial charge in [-0.2, -0.15) is 0 Å². The number of ether oxygens (including phenoxy) is 1. The first-order chi connectivity index (χ1) is 7.29. The van der Waals surface area contributed by atoms with Gasteiger partial charge >= 0.3 is 0 Å².